The number of halogens is 1. The van der Waals surface area contributed by atoms with Gasteiger partial charge in [-0.2, -0.15) is 0 Å². The number of rotatable bonds is 4. The minimum atomic E-state index is -2.10. The molecule has 1 unspecified atom stereocenters. The second-order valence-electron chi connectivity index (χ2n) is 3.62. The van der Waals surface area contributed by atoms with Gasteiger partial charge in [-0.05, 0) is 13.0 Å². The molecule has 0 aliphatic carbocycles. The lowest BCUT2D eigenvalue weighted by molar-refractivity contribution is -0.155. The fourth-order valence-electron chi connectivity index (χ4n) is 0.983. The first kappa shape index (κ1) is 13.0. The van der Waals surface area contributed by atoms with E-state index in [0.717, 1.165) is 19.2 Å². The number of aliphatic carboxylic acids is 1. The summed E-state index contributed by atoms with van der Waals surface area (Å²) in [6, 6.07) is 1.15. The fraction of sp³-hybridized carbons (Fsp3) is 0.300. The van der Waals surface area contributed by atoms with Crippen LogP contribution in [-0.4, -0.2) is 39.2 Å². The third kappa shape index (κ3) is 3.22. The molecule has 0 fully saturated rings. The first-order chi connectivity index (χ1) is 7.84. The van der Waals surface area contributed by atoms with Gasteiger partial charge in [-0.1, -0.05) is 0 Å². The number of carbonyl (C=O) groups is 2. The zero-order chi connectivity index (χ0) is 13.1. The summed E-state index contributed by atoms with van der Waals surface area (Å²) < 4.78 is 13.1. The third-order valence-electron chi connectivity index (χ3n) is 2.07. The molecule has 1 atom stereocenters. The Kier molecular flexibility index (Phi) is 3.74. The molecular formula is C10H11FN2O4. The number of nitrogens with one attached hydrogen (secondary N) is 1. The number of aromatic nitrogens is 1. The number of amides is 1. The number of aliphatic hydroxyl groups is 1. The summed E-state index contributed by atoms with van der Waals surface area (Å²) in [5, 5.41) is 20.1. The van der Waals surface area contributed by atoms with E-state index in [2.05, 4.69) is 10.3 Å². The lowest BCUT2D eigenvalue weighted by atomic mass is 10.1. The molecule has 7 heteroatoms. The highest BCUT2D eigenvalue weighted by Crippen LogP contribution is 2.06. The first-order valence-corrected chi connectivity index (χ1v) is 4.68. The molecule has 0 bridgehead atoms. The van der Waals surface area contributed by atoms with Crippen LogP contribution in [0, 0.1) is 5.82 Å². The van der Waals surface area contributed by atoms with E-state index in [4.69, 9.17) is 5.11 Å². The van der Waals surface area contributed by atoms with Crippen molar-refractivity contribution in [3.8, 4) is 0 Å². The van der Waals surface area contributed by atoms with Crippen molar-refractivity contribution >= 4 is 11.9 Å². The lowest BCUT2D eigenvalue weighted by Gasteiger charge is -2.18. The van der Waals surface area contributed by atoms with Crippen LogP contribution >= 0.6 is 0 Å². The van der Waals surface area contributed by atoms with E-state index in [1.807, 2.05) is 0 Å². The van der Waals surface area contributed by atoms with Crippen molar-refractivity contribution in [3.05, 3.63) is 29.8 Å². The number of carboxylic acids is 1. The third-order valence-corrected chi connectivity index (χ3v) is 2.07. The van der Waals surface area contributed by atoms with E-state index < -0.39 is 29.8 Å². The summed E-state index contributed by atoms with van der Waals surface area (Å²) in [6.45, 7) is 0.501. The molecule has 0 aromatic carbocycles. The Labute approximate surface area is 96.1 Å². The molecule has 1 heterocycles. The molecule has 0 aliphatic rings. The van der Waals surface area contributed by atoms with Crippen LogP contribution in [0.4, 0.5) is 4.39 Å². The van der Waals surface area contributed by atoms with Crippen molar-refractivity contribution < 1.29 is 24.2 Å². The Balaban J connectivity index is 2.69. The van der Waals surface area contributed by atoms with E-state index in [1.165, 1.54) is 6.20 Å². The van der Waals surface area contributed by atoms with Crippen molar-refractivity contribution in [2.45, 2.75) is 12.5 Å². The number of hydrogen-bond donors (Lipinski definition) is 3. The summed E-state index contributed by atoms with van der Waals surface area (Å²) in [5.74, 6) is -3.11. The summed E-state index contributed by atoms with van der Waals surface area (Å²) in [5.41, 5.74) is -2.36. The Morgan fingerprint density at radius 1 is 1.59 bits per heavy atom. The Morgan fingerprint density at radius 2 is 2.24 bits per heavy atom. The van der Waals surface area contributed by atoms with Crippen LogP contribution in [0.15, 0.2) is 18.5 Å². The van der Waals surface area contributed by atoms with Crippen molar-refractivity contribution in [1.29, 1.82) is 0 Å². The van der Waals surface area contributed by atoms with Crippen LogP contribution < -0.4 is 5.32 Å². The molecule has 0 radical (unpaired) electrons. The van der Waals surface area contributed by atoms with Gasteiger partial charge in [0.1, 0.15) is 0 Å². The smallest absolute Gasteiger partial charge is 0.337 e. The standard InChI is InChI=1S/C10H11FN2O4/c1-10(17,9(15)16)5-13-8(14)6-2-3-12-4-7(6)11/h2-4,17H,5H2,1H3,(H,13,14)(H,15,16). The molecule has 1 rings (SSSR count). The van der Waals surface area contributed by atoms with Crippen LogP contribution in [0.5, 0.6) is 0 Å². The first-order valence-electron chi connectivity index (χ1n) is 4.68. The van der Waals surface area contributed by atoms with Gasteiger partial charge in [0, 0.05) is 6.20 Å². The molecule has 6 nitrogen and oxygen atoms in total. The van der Waals surface area contributed by atoms with Gasteiger partial charge in [0.05, 0.1) is 18.3 Å². The number of hydrogen-bond acceptors (Lipinski definition) is 4. The number of pyridine rings is 1. The second kappa shape index (κ2) is 4.88. The normalized spacial score (nSPS) is 13.8. The van der Waals surface area contributed by atoms with Crippen LogP contribution in [0.1, 0.15) is 17.3 Å². The topological polar surface area (TPSA) is 99.5 Å². The van der Waals surface area contributed by atoms with Gasteiger partial charge in [0.2, 0.25) is 0 Å². The molecular weight excluding hydrogens is 231 g/mol. The maximum atomic E-state index is 13.1. The average molecular weight is 242 g/mol. The van der Waals surface area contributed by atoms with Gasteiger partial charge in [-0.3, -0.25) is 9.78 Å². The zero-order valence-electron chi connectivity index (χ0n) is 8.98. The maximum Gasteiger partial charge on any atom is 0.337 e. The monoisotopic (exact) mass is 242 g/mol. The number of nitrogens with zero attached hydrogens (tertiary/aromatic N) is 1. The maximum absolute atomic E-state index is 13.1. The summed E-state index contributed by atoms with van der Waals surface area (Å²) in [7, 11) is 0. The van der Waals surface area contributed by atoms with Crippen molar-refractivity contribution in [2.75, 3.05) is 6.54 Å². The molecule has 1 amide bonds. The fourth-order valence-corrected chi connectivity index (χ4v) is 0.983. The molecule has 0 aliphatic heterocycles. The molecule has 3 N–H and O–H groups in total. The summed E-state index contributed by atoms with van der Waals surface area (Å²) >= 11 is 0. The summed E-state index contributed by atoms with van der Waals surface area (Å²) in [4.78, 5) is 25.5. The minimum absolute atomic E-state index is 0.263. The van der Waals surface area contributed by atoms with E-state index in [-0.39, 0.29) is 5.56 Å². The van der Waals surface area contributed by atoms with Crippen molar-refractivity contribution in [3.63, 3.8) is 0 Å². The van der Waals surface area contributed by atoms with Crippen LogP contribution in [0.25, 0.3) is 0 Å². The average Bonchev–Trinajstić information content (AvgIpc) is 2.26. The van der Waals surface area contributed by atoms with Gasteiger partial charge in [0.15, 0.2) is 11.4 Å². The molecule has 0 spiro atoms. The SMILES string of the molecule is CC(O)(CNC(=O)c1ccncc1F)C(=O)O. The largest absolute Gasteiger partial charge is 0.479 e. The number of carbonyl (C=O) groups excluding carboxylic acids is 1. The van der Waals surface area contributed by atoms with E-state index in [1.54, 1.807) is 0 Å². The molecule has 0 saturated heterocycles. The second-order valence-corrected chi connectivity index (χ2v) is 3.62. The molecule has 1 aromatic rings. The molecule has 92 valence electrons. The highest BCUT2D eigenvalue weighted by atomic mass is 19.1. The van der Waals surface area contributed by atoms with Gasteiger partial charge < -0.3 is 15.5 Å². The molecule has 1 aromatic heterocycles. The van der Waals surface area contributed by atoms with Crippen LogP contribution in [0.3, 0.4) is 0 Å². The Hall–Kier alpha value is -2.02. The van der Waals surface area contributed by atoms with Crippen LogP contribution in [-0.2, 0) is 4.79 Å². The predicted octanol–water partition coefficient (Wildman–Crippen LogP) is -0.214. The predicted molar refractivity (Wildman–Crippen MR) is 54.8 cm³/mol. The van der Waals surface area contributed by atoms with Crippen LogP contribution in [0.2, 0.25) is 0 Å². The van der Waals surface area contributed by atoms with Crippen molar-refractivity contribution in [1.82, 2.24) is 10.3 Å². The summed E-state index contributed by atoms with van der Waals surface area (Å²) in [6.07, 6.45) is 2.09. The highest BCUT2D eigenvalue weighted by molar-refractivity contribution is 5.94. The van der Waals surface area contributed by atoms with Gasteiger partial charge in [-0.15, -0.1) is 0 Å². The highest BCUT2D eigenvalue weighted by Gasteiger charge is 2.30. The molecule has 17 heavy (non-hydrogen) atoms. The van der Waals surface area contributed by atoms with Gasteiger partial charge >= 0.3 is 5.97 Å². The van der Waals surface area contributed by atoms with Crippen molar-refractivity contribution in [2.24, 2.45) is 0 Å². The van der Waals surface area contributed by atoms with Gasteiger partial charge in [-0.25, -0.2) is 9.18 Å². The number of carboxylic acid groups (broad SMARTS) is 1. The van der Waals surface area contributed by atoms with Gasteiger partial charge in [0.25, 0.3) is 5.91 Å². The molecule has 0 saturated carbocycles. The Bertz CT molecular complexity index is 448. The Morgan fingerprint density at radius 3 is 2.76 bits per heavy atom. The zero-order valence-corrected chi connectivity index (χ0v) is 8.98. The quantitative estimate of drug-likeness (QED) is 0.678. The lowest BCUT2D eigenvalue weighted by Crippen LogP contribution is -2.46. The van der Waals surface area contributed by atoms with E-state index in [0.29, 0.717) is 0 Å². The van der Waals surface area contributed by atoms with E-state index in [9.17, 15) is 19.1 Å². The van der Waals surface area contributed by atoms with E-state index >= 15 is 0 Å². The minimum Gasteiger partial charge on any atom is -0.479 e.